The molecule has 0 bridgehead atoms. The molecule has 0 aromatic rings. The van der Waals surface area contributed by atoms with Crippen LogP contribution < -0.4 is 5.32 Å². The van der Waals surface area contributed by atoms with Crippen molar-refractivity contribution in [2.45, 2.75) is 58.0 Å². The van der Waals surface area contributed by atoms with Crippen LogP contribution in [-0.2, 0) is 4.74 Å². The van der Waals surface area contributed by atoms with Crippen molar-refractivity contribution in [3.05, 3.63) is 0 Å². The van der Waals surface area contributed by atoms with Gasteiger partial charge < -0.3 is 10.1 Å². The van der Waals surface area contributed by atoms with Crippen LogP contribution in [0.3, 0.4) is 0 Å². The van der Waals surface area contributed by atoms with E-state index in [1.165, 1.54) is 45.2 Å². The second-order valence-electron chi connectivity index (χ2n) is 5.93. The summed E-state index contributed by atoms with van der Waals surface area (Å²) in [6, 6.07) is 1.25. The van der Waals surface area contributed by atoms with E-state index in [0.717, 1.165) is 25.7 Å². The summed E-state index contributed by atoms with van der Waals surface area (Å²) in [5.74, 6) is 0.977. The zero-order chi connectivity index (χ0) is 12.8. The topological polar surface area (TPSA) is 24.5 Å². The molecule has 0 amide bonds. The first-order chi connectivity index (χ1) is 8.85. The second kappa shape index (κ2) is 7.46. The molecule has 1 aliphatic heterocycles. The Balaban J connectivity index is 1.89. The molecule has 1 heterocycles. The molecule has 3 heteroatoms. The van der Waals surface area contributed by atoms with Crippen molar-refractivity contribution < 1.29 is 4.74 Å². The number of hydrogen-bond donors (Lipinski definition) is 1. The van der Waals surface area contributed by atoms with Gasteiger partial charge in [0, 0.05) is 25.2 Å². The van der Waals surface area contributed by atoms with Crippen molar-refractivity contribution in [2.75, 3.05) is 32.8 Å². The third kappa shape index (κ3) is 4.22. The highest BCUT2D eigenvalue weighted by atomic mass is 16.5. The van der Waals surface area contributed by atoms with E-state index in [4.69, 9.17) is 4.74 Å². The Morgan fingerprint density at radius 2 is 2.00 bits per heavy atom. The van der Waals surface area contributed by atoms with Gasteiger partial charge in [-0.1, -0.05) is 13.8 Å². The molecule has 1 aliphatic carbocycles. The zero-order valence-electron chi connectivity index (χ0n) is 12.2. The average molecular weight is 254 g/mol. The summed E-state index contributed by atoms with van der Waals surface area (Å²) < 4.78 is 5.74. The SMILES string of the molecule is CCCNC1CCOCC1N(CCC)CC1CC1. The summed E-state index contributed by atoms with van der Waals surface area (Å²) in [6.45, 7) is 10.1. The monoisotopic (exact) mass is 254 g/mol. The molecule has 18 heavy (non-hydrogen) atoms. The van der Waals surface area contributed by atoms with Crippen molar-refractivity contribution in [3.8, 4) is 0 Å². The standard InChI is InChI=1S/C15H30N2O/c1-3-8-16-14-7-10-18-12-15(14)17(9-4-2)11-13-5-6-13/h13-16H,3-12H2,1-2H3. The van der Waals surface area contributed by atoms with Gasteiger partial charge in [-0.3, -0.25) is 4.90 Å². The van der Waals surface area contributed by atoms with Gasteiger partial charge in [-0.25, -0.2) is 0 Å². The van der Waals surface area contributed by atoms with E-state index >= 15 is 0 Å². The van der Waals surface area contributed by atoms with Crippen molar-refractivity contribution in [2.24, 2.45) is 5.92 Å². The molecular formula is C15H30N2O. The van der Waals surface area contributed by atoms with Crippen molar-refractivity contribution >= 4 is 0 Å². The van der Waals surface area contributed by atoms with Gasteiger partial charge in [0.05, 0.1) is 6.61 Å². The van der Waals surface area contributed by atoms with Gasteiger partial charge in [0.25, 0.3) is 0 Å². The maximum atomic E-state index is 5.74. The van der Waals surface area contributed by atoms with Gasteiger partial charge >= 0.3 is 0 Å². The van der Waals surface area contributed by atoms with Crippen LogP contribution in [-0.4, -0.2) is 49.8 Å². The first-order valence-corrected chi connectivity index (χ1v) is 7.90. The predicted octanol–water partition coefficient (Wildman–Crippen LogP) is 2.27. The highest BCUT2D eigenvalue weighted by Gasteiger charge is 2.33. The summed E-state index contributed by atoms with van der Waals surface area (Å²) in [4.78, 5) is 2.70. The molecule has 2 atom stereocenters. The van der Waals surface area contributed by atoms with Gasteiger partial charge in [0.1, 0.15) is 0 Å². The minimum atomic E-state index is 0.603. The van der Waals surface area contributed by atoms with E-state index in [1.54, 1.807) is 0 Å². The van der Waals surface area contributed by atoms with Crippen LogP contribution in [0.25, 0.3) is 0 Å². The largest absolute Gasteiger partial charge is 0.380 e. The molecule has 1 saturated carbocycles. The smallest absolute Gasteiger partial charge is 0.0637 e. The van der Waals surface area contributed by atoms with E-state index in [-0.39, 0.29) is 0 Å². The molecule has 2 fully saturated rings. The van der Waals surface area contributed by atoms with Crippen molar-refractivity contribution in [3.63, 3.8) is 0 Å². The highest BCUT2D eigenvalue weighted by Crippen LogP contribution is 2.31. The fraction of sp³-hybridized carbons (Fsp3) is 1.00. The highest BCUT2D eigenvalue weighted by molar-refractivity contribution is 4.90. The van der Waals surface area contributed by atoms with Crippen LogP contribution in [0.4, 0.5) is 0 Å². The Hall–Kier alpha value is -0.120. The van der Waals surface area contributed by atoms with Crippen LogP contribution in [0.2, 0.25) is 0 Å². The fourth-order valence-corrected chi connectivity index (χ4v) is 2.96. The lowest BCUT2D eigenvalue weighted by Crippen LogP contribution is -2.56. The van der Waals surface area contributed by atoms with Crippen LogP contribution in [0.1, 0.15) is 46.0 Å². The second-order valence-corrected chi connectivity index (χ2v) is 5.93. The van der Waals surface area contributed by atoms with Gasteiger partial charge in [0.15, 0.2) is 0 Å². The molecule has 0 aromatic heterocycles. The number of nitrogens with one attached hydrogen (secondary N) is 1. The lowest BCUT2D eigenvalue weighted by atomic mass is 10.0. The maximum Gasteiger partial charge on any atom is 0.0637 e. The minimum absolute atomic E-state index is 0.603. The third-order valence-electron chi connectivity index (χ3n) is 4.15. The lowest BCUT2D eigenvalue weighted by molar-refractivity contribution is -0.00484. The molecule has 106 valence electrons. The number of nitrogens with zero attached hydrogens (tertiary/aromatic N) is 1. The van der Waals surface area contributed by atoms with Gasteiger partial charge in [-0.2, -0.15) is 0 Å². The number of hydrogen-bond acceptors (Lipinski definition) is 3. The first-order valence-electron chi connectivity index (χ1n) is 7.90. The Morgan fingerprint density at radius 3 is 2.67 bits per heavy atom. The summed E-state index contributed by atoms with van der Waals surface area (Å²) >= 11 is 0. The van der Waals surface area contributed by atoms with E-state index in [2.05, 4.69) is 24.1 Å². The Bertz CT molecular complexity index is 231. The normalized spacial score (nSPS) is 28.8. The molecule has 2 aliphatic rings. The number of ether oxygens (including phenoxy) is 1. The van der Waals surface area contributed by atoms with E-state index < -0.39 is 0 Å². The van der Waals surface area contributed by atoms with Crippen LogP contribution >= 0.6 is 0 Å². The minimum Gasteiger partial charge on any atom is -0.380 e. The Labute approximate surface area is 112 Å². The molecular weight excluding hydrogens is 224 g/mol. The zero-order valence-corrected chi connectivity index (χ0v) is 12.2. The summed E-state index contributed by atoms with van der Waals surface area (Å²) in [5.41, 5.74) is 0. The average Bonchev–Trinajstić information content (AvgIpc) is 3.20. The van der Waals surface area contributed by atoms with Crippen LogP contribution in [0, 0.1) is 5.92 Å². The number of rotatable bonds is 8. The molecule has 1 saturated heterocycles. The quantitative estimate of drug-likeness (QED) is 0.719. The van der Waals surface area contributed by atoms with Crippen LogP contribution in [0.15, 0.2) is 0 Å². The maximum absolute atomic E-state index is 5.74. The summed E-state index contributed by atoms with van der Waals surface area (Å²) in [6.07, 6.45) is 6.54. The van der Waals surface area contributed by atoms with Gasteiger partial charge in [-0.05, 0) is 51.1 Å². The molecule has 0 radical (unpaired) electrons. The third-order valence-corrected chi connectivity index (χ3v) is 4.15. The lowest BCUT2D eigenvalue weighted by Gasteiger charge is -2.40. The molecule has 0 aromatic carbocycles. The summed E-state index contributed by atoms with van der Waals surface area (Å²) in [5, 5.41) is 3.73. The van der Waals surface area contributed by atoms with Gasteiger partial charge in [-0.15, -0.1) is 0 Å². The Morgan fingerprint density at radius 1 is 1.17 bits per heavy atom. The summed E-state index contributed by atoms with van der Waals surface area (Å²) in [7, 11) is 0. The Kier molecular flexibility index (Phi) is 5.93. The predicted molar refractivity (Wildman–Crippen MR) is 75.9 cm³/mol. The van der Waals surface area contributed by atoms with Gasteiger partial charge in [0.2, 0.25) is 0 Å². The molecule has 1 N–H and O–H groups in total. The van der Waals surface area contributed by atoms with Crippen LogP contribution in [0.5, 0.6) is 0 Å². The van der Waals surface area contributed by atoms with Crippen molar-refractivity contribution in [1.82, 2.24) is 10.2 Å². The molecule has 2 rings (SSSR count). The fourth-order valence-electron chi connectivity index (χ4n) is 2.96. The van der Waals surface area contributed by atoms with E-state index in [0.29, 0.717) is 12.1 Å². The first kappa shape index (κ1) is 14.3. The molecule has 0 spiro atoms. The van der Waals surface area contributed by atoms with Crippen molar-refractivity contribution in [1.29, 1.82) is 0 Å². The molecule has 2 unspecified atom stereocenters. The van der Waals surface area contributed by atoms with E-state index in [9.17, 15) is 0 Å². The van der Waals surface area contributed by atoms with E-state index in [1.807, 2.05) is 0 Å². The molecule has 3 nitrogen and oxygen atoms in total.